The maximum absolute atomic E-state index is 11.7. The molecule has 1 aromatic rings. The van der Waals surface area contributed by atoms with Crippen LogP contribution >= 0.6 is 22.9 Å². The normalized spacial score (nSPS) is 11.5. The molecule has 4 N–H and O–H groups in total. The number of thiophene rings is 1. The third-order valence-corrected chi connectivity index (χ3v) is 3.45. The predicted octanol–water partition coefficient (Wildman–Crippen LogP) is -0.153. The summed E-state index contributed by atoms with van der Waals surface area (Å²) in [5.41, 5.74) is -1.43. The van der Waals surface area contributed by atoms with Crippen LogP contribution in [0.1, 0.15) is 9.67 Å². The first-order valence-corrected chi connectivity index (χ1v) is 5.72. The van der Waals surface area contributed by atoms with E-state index in [2.05, 4.69) is 5.32 Å². The molecule has 0 radical (unpaired) electrons. The number of aliphatic hydroxyl groups is 3. The van der Waals surface area contributed by atoms with Crippen LogP contribution in [0.5, 0.6) is 0 Å². The van der Waals surface area contributed by atoms with Crippen LogP contribution in [-0.2, 0) is 0 Å². The Morgan fingerprint density at radius 1 is 1.38 bits per heavy atom. The molecule has 0 aromatic carbocycles. The summed E-state index contributed by atoms with van der Waals surface area (Å²) in [6.07, 6.45) is 0. The minimum Gasteiger partial charge on any atom is -0.394 e. The molecular weight excluding hydrogens is 254 g/mol. The molecule has 90 valence electrons. The Labute approximate surface area is 101 Å². The van der Waals surface area contributed by atoms with E-state index in [-0.39, 0.29) is 4.88 Å². The van der Waals surface area contributed by atoms with Gasteiger partial charge in [0.25, 0.3) is 5.91 Å². The molecule has 1 heterocycles. The van der Waals surface area contributed by atoms with E-state index in [1.54, 1.807) is 11.4 Å². The molecule has 0 bridgehead atoms. The van der Waals surface area contributed by atoms with Crippen LogP contribution in [0.25, 0.3) is 0 Å². The van der Waals surface area contributed by atoms with E-state index in [0.717, 1.165) is 11.3 Å². The van der Waals surface area contributed by atoms with Crippen molar-refractivity contribution in [3.05, 3.63) is 21.3 Å². The van der Waals surface area contributed by atoms with Crippen molar-refractivity contribution in [2.45, 2.75) is 5.54 Å². The number of amides is 1. The van der Waals surface area contributed by atoms with Gasteiger partial charge in [0.05, 0.1) is 24.8 Å². The highest BCUT2D eigenvalue weighted by Crippen LogP contribution is 2.22. The molecule has 16 heavy (non-hydrogen) atoms. The Morgan fingerprint density at radius 2 is 1.94 bits per heavy atom. The summed E-state index contributed by atoms with van der Waals surface area (Å²) >= 11 is 6.90. The largest absolute Gasteiger partial charge is 0.394 e. The molecule has 0 saturated carbocycles. The van der Waals surface area contributed by atoms with Crippen molar-refractivity contribution >= 4 is 28.8 Å². The van der Waals surface area contributed by atoms with Gasteiger partial charge in [-0.15, -0.1) is 11.3 Å². The van der Waals surface area contributed by atoms with Gasteiger partial charge in [0.15, 0.2) is 0 Å². The van der Waals surface area contributed by atoms with Gasteiger partial charge in [-0.2, -0.15) is 0 Å². The third-order valence-electron chi connectivity index (χ3n) is 2.11. The zero-order chi connectivity index (χ0) is 12.2. The van der Waals surface area contributed by atoms with E-state index in [1.165, 1.54) is 0 Å². The van der Waals surface area contributed by atoms with Crippen LogP contribution < -0.4 is 5.32 Å². The average Bonchev–Trinajstić information content (AvgIpc) is 2.72. The van der Waals surface area contributed by atoms with Gasteiger partial charge < -0.3 is 20.6 Å². The number of nitrogens with one attached hydrogen (secondary N) is 1. The lowest BCUT2D eigenvalue weighted by atomic mass is 10.0. The highest BCUT2D eigenvalue weighted by molar-refractivity contribution is 7.12. The summed E-state index contributed by atoms with van der Waals surface area (Å²) in [6, 6.07) is 1.57. The molecule has 0 aliphatic heterocycles. The van der Waals surface area contributed by atoms with Gasteiger partial charge >= 0.3 is 0 Å². The van der Waals surface area contributed by atoms with E-state index in [1.807, 2.05) is 0 Å². The summed E-state index contributed by atoms with van der Waals surface area (Å²) < 4.78 is 0. The standard InChI is InChI=1S/C9H12ClNO4S/c10-6-1-2-16-7(6)8(15)11-9(3-12,4-13)5-14/h1-2,12-14H,3-5H2,(H,11,15). The molecule has 0 atom stereocenters. The molecule has 0 aliphatic rings. The van der Waals surface area contributed by atoms with Crippen molar-refractivity contribution in [2.75, 3.05) is 19.8 Å². The van der Waals surface area contributed by atoms with Crippen LogP contribution in [-0.4, -0.2) is 46.6 Å². The highest BCUT2D eigenvalue weighted by Gasteiger charge is 2.31. The second-order valence-electron chi connectivity index (χ2n) is 3.31. The Balaban J connectivity index is 2.81. The Kier molecular flexibility index (Phi) is 4.69. The lowest BCUT2D eigenvalue weighted by Gasteiger charge is -2.28. The van der Waals surface area contributed by atoms with Crippen LogP contribution in [0, 0.1) is 0 Å². The van der Waals surface area contributed by atoms with Gasteiger partial charge in [-0.1, -0.05) is 11.6 Å². The van der Waals surface area contributed by atoms with E-state index in [0.29, 0.717) is 5.02 Å². The number of hydrogen-bond acceptors (Lipinski definition) is 5. The number of halogens is 1. The zero-order valence-corrected chi connectivity index (χ0v) is 9.88. The van der Waals surface area contributed by atoms with Crippen LogP contribution in [0.15, 0.2) is 11.4 Å². The first kappa shape index (κ1) is 13.4. The monoisotopic (exact) mass is 265 g/mol. The fraction of sp³-hybridized carbons (Fsp3) is 0.444. The lowest BCUT2D eigenvalue weighted by molar-refractivity contribution is 0.0377. The molecule has 0 spiro atoms. The van der Waals surface area contributed by atoms with E-state index in [9.17, 15) is 4.79 Å². The molecule has 0 saturated heterocycles. The number of rotatable bonds is 5. The zero-order valence-electron chi connectivity index (χ0n) is 8.31. The molecule has 1 aromatic heterocycles. The van der Waals surface area contributed by atoms with E-state index < -0.39 is 31.3 Å². The maximum atomic E-state index is 11.7. The van der Waals surface area contributed by atoms with Crippen LogP contribution in [0.4, 0.5) is 0 Å². The molecule has 1 rings (SSSR count). The minimum atomic E-state index is -1.43. The van der Waals surface area contributed by atoms with Gasteiger partial charge in [0, 0.05) is 0 Å². The Morgan fingerprint density at radius 3 is 2.31 bits per heavy atom. The number of aliphatic hydroxyl groups excluding tert-OH is 3. The molecular formula is C9H12ClNO4S. The second-order valence-corrected chi connectivity index (χ2v) is 4.63. The van der Waals surface area contributed by atoms with Crippen molar-refractivity contribution in [1.29, 1.82) is 0 Å². The first-order chi connectivity index (χ1) is 7.58. The molecule has 7 heteroatoms. The third kappa shape index (κ3) is 2.72. The SMILES string of the molecule is O=C(NC(CO)(CO)CO)c1sccc1Cl. The van der Waals surface area contributed by atoms with Gasteiger partial charge in [0.1, 0.15) is 10.4 Å². The van der Waals surface area contributed by atoms with Crippen LogP contribution in [0.2, 0.25) is 5.02 Å². The highest BCUT2D eigenvalue weighted by atomic mass is 35.5. The molecule has 0 fully saturated rings. The topological polar surface area (TPSA) is 89.8 Å². The van der Waals surface area contributed by atoms with Crippen molar-refractivity contribution in [3.63, 3.8) is 0 Å². The first-order valence-electron chi connectivity index (χ1n) is 4.46. The van der Waals surface area contributed by atoms with Crippen molar-refractivity contribution in [2.24, 2.45) is 0 Å². The van der Waals surface area contributed by atoms with Crippen LogP contribution in [0.3, 0.4) is 0 Å². The van der Waals surface area contributed by atoms with Gasteiger partial charge in [-0.25, -0.2) is 0 Å². The van der Waals surface area contributed by atoms with Gasteiger partial charge in [-0.05, 0) is 11.4 Å². The van der Waals surface area contributed by atoms with Crippen molar-refractivity contribution in [1.82, 2.24) is 5.32 Å². The fourth-order valence-corrected chi connectivity index (χ4v) is 2.06. The second kappa shape index (κ2) is 5.60. The molecule has 0 aliphatic carbocycles. The summed E-state index contributed by atoms with van der Waals surface area (Å²) in [4.78, 5) is 12.0. The summed E-state index contributed by atoms with van der Waals surface area (Å²) in [7, 11) is 0. The van der Waals surface area contributed by atoms with Crippen molar-refractivity contribution in [3.8, 4) is 0 Å². The molecule has 0 unspecified atom stereocenters. The van der Waals surface area contributed by atoms with E-state index in [4.69, 9.17) is 26.9 Å². The Hall–Kier alpha value is -0.660. The maximum Gasteiger partial charge on any atom is 0.263 e. The smallest absolute Gasteiger partial charge is 0.263 e. The molecule has 5 nitrogen and oxygen atoms in total. The van der Waals surface area contributed by atoms with Gasteiger partial charge in [-0.3, -0.25) is 4.79 Å². The lowest BCUT2D eigenvalue weighted by Crippen LogP contribution is -2.56. The minimum absolute atomic E-state index is 0.279. The average molecular weight is 266 g/mol. The fourth-order valence-electron chi connectivity index (χ4n) is 1.02. The van der Waals surface area contributed by atoms with Crippen molar-refractivity contribution < 1.29 is 20.1 Å². The van der Waals surface area contributed by atoms with E-state index >= 15 is 0 Å². The van der Waals surface area contributed by atoms with Gasteiger partial charge in [0.2, 0.25) is 0 Å². The quantitative estimate of drug-likeness (QED) is 0.596. The summed E-state index contributed by atoms with van der Waals surface area (Å²) in [5.74, 6) is -0.530. The summed E-state index contributed by atoms with van der Waals surface area (Å²) in [6.45, 7) is -1.68. The predicted molar refractivity (Wildman–Crippen MR) is 60.8 cm³/mol. The number of carbonyl (C=O) groups excluding carboxylic acids is 1. The summed E-state index contributed by atoms with van der Waals surface area (Å²) in [5, 5.41) is 31.4. The number of carbonyl (C=O) groups is 1. The number of hydrogen-bond donors (Lipinski definition) is 4. The molecule has 1 amide bonds. The Bertz CT molecular complexity index is 356.